The third-order valence-corrected chi connectivity index (χ3v) is 5.81. The Hall–Kier alpha value is -3.29. The van der Waals surface area contributed by atoms with Crippen LogP contribution in [0.5, 0.6) is 0 Å². The van der Waals surface area contributed by atoms with Gasteiger partial charge < -0.3 is 10.1 Å². The minimum Gasteiger partial charge on any atom is -0.385 e. The van der Waals surface area contributed by atoms with Crippen molar-refractivity contribution in [2.45, 2.75) is 26.8 Å². The van der Waals surface area contributed by atoms with Gasteiger partial charge >= 0.3 is 0 Å². The molecule has 33 heavy (non-hydrogen) atoms. The van der Waals surface area contributed by atoms with E-state index in [9.17, 15) is 4.79 Å². The van der Waals surface area contributed by atoms with Crippen LogP contribution in [-0.2, 0) is 11.3 Å². The number of fused-ring (bicyclic) bond motifs is 1. The number of pyridine rings is 2. The van der Waals surface area contributed by atoms with Crippen LogP contribution in [0, 0.1) is 6.92 Å². The number of benzene rings is 1. The van der Waals surface area contributed by atoms with Crippen LogP contribution >= 0.6 is 11.6 Å². The molecule has 8 heteroatoms. The van der Waals surface area contributed by atoms with E-state index in [0.29, 0.717) is 47.4 Å². The van der Waals surface area contributed by atoms with Crippen molar-refractivity contribution in [1.82, 2.24) is 19.5 Å². The number of hydrogen-bond acceptors (Lipinski definition) is 6. The molecule has 0 fully saturated rings. The van der Waals surface area contributed by atoms with Crippen LogP contribution in [0.1, 0.15) is 18.9 Å². The van der Waals surface area contributed by atoms with E-state index >= 15 is 0 Å². The largest absolute Gasteiger partial charge is 0.385 e. The number of anilines is 1. The van der Waals surface area contributed by atoms with E-state index in [4.69, 9.17) is 16.3 Å². The second-order valence-electron chi connectivity index (χ2n) is 7.72. The quantitative estimate of drug-likeness (QED) is 0.372. The smallest absolute Gasteiger partial charge is 0.260 e. The summed E-state index contributed by atoms with van der Waals surface area (Å²) in [7, 11) is 1.67. The monoisotopic (exact) mass is 463 g/mol. The topological polar surface area (TPSA) is 81.9 Å². The molecule has 4 rings (SSSR count). The zero-order chi connectivity index (χ0) is 23.4. The second kappa shape index (κ2) is 10.1. The van der Waals surface area contributed by atoms with Crippen molar-refractivity contribution < 1.29 is 4.74 Å². The van der Waals surface area contributed by atoms with Gasteiger partial charge in [-0.3, -0.25) is 14.3 Å². The maximum Gasteiger partial charge on any atom is 0.260 e. The molecular formula is C25H26ClN5O2. The summed E-state index contributed by atoms with van der Waals surface area (Å²) in [6.45, 7) is 5.75. The zero-order valence-corrected chi connectivity index (χ0v) is 19.7. The first-order valence-electron chi connectivity index (χ1n) is 10.9. The van der Waals surface area contributed by atoms with E-state index in [1.54, 1.807) is 24.1 Å². The summed E-state index contributed by atoms with van der Waals surface area (Å²) in [4.78, 5) is 26.8. The Morgan fingerprint density at radius 1 is 1.15 bits per heavy atom. The third kappa shape index (κ3) is 4.74. The summed E-state index contributed by atoms with van der Waals surface area (Å²) < 4.78 is 6.72. The van der Waals surface area contributed by atoms with E-state index in [2.05, 4.69) is 20.3 Å². The van der Waals surface area contributed by atoms with Gasteiger partial charge in [0, 0.05) is 66.3 Å². The van der Waals surface area contributed by atoms with Gasteiger partial charge in [-0.15, -0.1) is 0 Å². The minimum absolute atomic E-state index is 0.141. The molecule has 0 bridgehead atoms. The molecule has 0 aliphatic carbocycles. The van der Waals surface area contributed by atoms with Crippen LogP contribution in [-0.4, -0.2) is 39.8 Å². The van der Waals surface area contributed by atoms with Gasteiger partial charge in [-0.25, -0.2) is 4.98 Å². The summed E-state index contributed by atoms with van der Waals surface area (Å²) >= 11 is 6.67. The van der Waals surface area contributed by atoms with Crippen molar-refractivity contribution in [3.05, 3.63) is 69.7 Å². The number of nitrogens with one attached hydrogen (secondary N) is 1. The van der Waals surface area contributed by atoms with Crippen molar-refractivity contribution in [3.8, 4) is 22.4 Å². The van der Waals surface area contributed by atoms with Crippen molar-refractivity contribution in [3.63, 3.8) is 0 Å². The first kappa shape index (κ1) is 22.9. The van der Waals surface area contributed by atoms with Gasteiger partial charge in [0.05, 0.1) is 5.69 Å². The van der Waals surface area contributed by atoms with Crippen LogP contribution in [0.2, 0.25) is 5.02 Å². The fraction of sp³-hybridized carbons (Fsp3) is 0.280. The molecule has 0 saturated heterocycles. The van der Waals surface area contributed by atoms with E-state index in [1.807, 2.05) is 50.2 Å². The predicted octanol–water partition coefficient (Wildman–Crippen LogP) is 4.95. The van der Waals surface area contributed by atoms with Gasteiger partial charge in [-0.2, -0.15) is 4.98 Å². The average molecular weight is 464 g/mol. The van der Waals surface area contributed by atoms with Crippen LogP contribution in [0.25, 0.3) is 33.4 Å². The van der Waals surface area contributed by atoms with Crippen molar-refractivity contribution >= 4 is 28.6 Å². The molecule has 0 radical (unpaired) electrons. The molecule has 0 aliphatic rings. The molecule has 3 heterocycles. The third-order valence-electron chi connectivity index (χ3n) is 5.49. The maximum atomic E-state index is 13.4. The lowest BCUT2D eigenvalue weighted by molar-refractivity contribution is 0.197. The van der Waals surface area contributed by atoms with E-state index < -0.39 is 0 Å². The van der Waals surface area contributed by atoms with Crippen LogP contribution < -0.4 is 10.9 Å². The number of methoxy groups -OCH3 is 1. The lowest BCUT2D eigenvalue weighted by atomic mass is 10.0. The first-order chi connectivity index (χ1) is 16.0. The molecule has 170 valence electrons. The Balaban J connectivity index is 1.74. The SMILES string of the molecule is CCn1c(=O)c(-c2ccc(-c3ncccc3C)cc2Cl)cc2cnc(NCCCOC)nc21. The number of aryl methyl sites for hydroxylation is 2. The normalized spacial score (nSPS) is 11.2. The van der Waals surface area contributed by atoms with Gasteiger partial charge in [0.25, 0.3) is 5.56 Å². The van der Waals surface area contributed by atoms with E-state index in [-0.39, 0.29) is 5.56 Å². The number of hydrogen-bond donors (Lipinski definition) is 1. The lowest BCUT2D eigenvalue weighted by Gasteiger charge is -2.13. The number of nitrogens with zero attached hydrogens (tertiary/aromatic N) is 4. The summed E-state index contributed by atoms with van der Waals surface area (Å²) in [6.07, 6.45) is 4.33. The van der Waals surface area contributed by atoms with Crippen LogP contribution in [0.4, 0.5) is 5.95 Å². The fourth-order valence-corrected chi connectivity index (χ4v) is 4.10. The fourth-order valence-electron chi connectivity index (χ4n) is 3.82. The summed E-state index contributed by atoms with van der Waals surface area (Å²) in [6, 6.07) is 11.4. The lowest BCUT2D eigenvalue weighted by Crippen LogP contribution is -2.22. The molecule has 0 atom stereocenters. The van der Waals surface area contributed by atoms with Gasteiger partial charge in [0.15, 0.2) is 0 Å². The highest BCUT2D eigenvalue weighted by molar-refractivity contribution is 6.33. The number of ether oxygens (including phenoxy) is 1. The molecule has 1 N–H and O–H groups in total. The minimum atomic E-state index is -0.141. The van der Waals surface area contributed by atoms with E-state index in [0.717, 1.165) is 28.6 Å². The van der Waals surface area contributed by atoms with Gasteiger partial charge in [-0.05, 0) is 44.0 Å². The molecule has 3 aromatic heterocycles. The van der Waals surface area contributed by atoms with Crippen molar-refractivity contribution in [2.24, 2.45) is 0 Å². The van der Waals surface area contributed by atoms with Gasteiger partial charge in [-0.1, -0.05) is 29.8 Å². The zero-order valence-electron chi connectivity index (χ0n) is 18.9. The molecule has 4 aromatic rings. The molecule has 1 aromatic carbocycles. The highest BCUT2D eigenvalue weighted by Crippen LogP contribution is 2.32. The number of aromatic nitrogens is 4. The highest BCUT2D eigenvalue weighted by Gasteiger charge is 2.16. The summed E-state index contributed by atoms with van der Waals surface area (Å²) in [5.74, 6) is 0.487. The predicted molar refractivity (Wildman–Crippen MR) is 133 cm³/mol. The van der Waals surface area contributed by atoms with Crippen LogP contribution in [0.15, 0.2) is 53.6 Å². The molecule has 0 amide bonds. The molecule has 0 spiro atoms. The Kier molecular flexibility index (Phi) is 7.01. The Labute approximate surface area is 197 Å². The number of halogens is 1. The average Bonchev–Trinajstić information content (AvgIpc) is 2.82. The Bertz CT molecular complexity index is 1350. The Morgan fingerprint density at radius 3 is 2.73 bits per heavy atom. The van der Waals surface area contributed by atoms with E-state index in [1.165, 1.54) is 0 Å². The molecule has 0 saturated carbocycles. The highest BCUT2D eigenvalue weighted by atomic mass is 35.5. The van der Waals surface area contributed by atoms with Crippen molar-refractivity contribution in [1.29, 1.82) is 0 Å². The summed E-state index contributed by atoms with van der Waals surface area (Å²) in [5.41, 5.74) is 4.47. The Morgan fingerprint density at radius 2 is 2.00 bits per heavy atom. The first-order valence-corrected chi connectivity index (χ1v) is 11.3. The maximum absolute atomic E-state index is 13.4. The molecular weight excluding hydrogens is 438 g/mol. The van der Waals surface area contributed by atoms with Crippen LogP contribution in [0.3, 0.4) is 0 Å². The number of rotatable bonds is 8. The molecule has 7 nitrogen and oxygen atoms in total. The molecule has 0 unspecified atom stereocenters. The van der Waals surface area contributed by atoms with Gasteiger partial charge in [0.2, 0.25) is 5.95 Å². The van der Waals surface area contributed by atoms with Crippen molar-refractivity contribution in [2.75, 3.05) is 25.6 Å². The standard InChI is InChI=1S/C25H26ClN5O2/c1-4-31-23-18(15-29-25(30-23)28-11-6-12-33-3)13-20(24(31)32)19-9-8-17(14-21(19)26)22-16(2)7-5-10-27-22/h5,7-10,13-15H,4,6,11-12H2,1-3H3,(H,28,29,30). The molecule has 0 aliphatic heterocycles. The van der Waals surface area contributed by atoms with Gasteiger partial charge in [0.1, 0.15) is 5.65 Å². The second-order valence-corrected chi connectivity index (χ2v) is 8.12. The summed E-state index contributed by atoms with van der Waals surface area (Å²) in [5, 5.41) is 4.45.